The Hall–Kier alpha value is -4.41. The van der Waals surface area contributed by atoms with E-state index < -0.39 is 36.2 Å². The van der Waals surface area contributed by atoms with Gasteiger partial charge in [-0.3, -0.25) is 4.79 Å². The van der Waals surface area contributed by atoms with E-state index in [1.54, 1.807) is 12.1 Å². The van der Waals surface area contributed by atoms with Crippen LogP contribution in [0.25, 0.3) is 0 Å². The number of anilines is 3. The Balaban J connectivity index is 1.68. The minimum absolute atomic E-state index is 0.0525. The molecule has 0 fully saturated rings. The number of benzene rings is 2. The molecule has 0 saturated carbocycles. The molecule has 34 heavy (non-hydrogen) atoms. The van der Waals surface area contributed by atoms with Crippen LogP contribution in [0.15, 0.2) is 66.9 Å². The van der Waals surface area contributed by atoms with Gasteiger partial charge in [0.05, 0.1) is 23.9 Å². The number of rotatable bonds is 7. The van der Waals surface area contributed by atoms with E-state index in [1.165, 1.54) is 49.7 Å². The maximum absolute atomic E-state index is 13.0. The molecular weight excluding hydrogens is 455 g/mol. The number of hydrogen-bond acceptors (Lipinski definition) is 7. The molecule has 2 aromatic carbocycles. The summed E-state index contributed by atoms with van der Waals surface area (Å²) in [7, 11) is 1.20. The SMILES string of the molecule is COC(=O)c1ccccc1NC(=O)COC(=O)c1cccnc1Nc1cccc(C(F)(F)F)c1. The number of aromatic nitrogens is 1. The molecule has 8 nitrogen and oxygen atoms in total. The molecule has 0 radical (unpaired) electrons. The number of para-hydroxylation sites is 1. The molecule has 0 aliphatic rings. The Morgan fingerprint density at radius 3 is 2.41 bits per heavy atom. The van der Waals surface area contributed by atoms with Crippen LogP contribution < -0.4 is 10.6 Å². The zero-order valence-corrected chi connectivity index (χ0v) is 17.7. The molecule has 0 atom stereocenters. The topological polar surface area (TPSA) is 107 Å². The second-order valence-corrected chi connectivity index (χ2v) is 6.76. The van der Waals surface area contributed by atoms with Crippen LogP contribution >= 0.6 is 0 Å². The summed E-state index contributed by atoms with van der Waals surface area (Å²) in [4.78, 5) is 40.5. The van der Waals surface area contributed by atoms with Crippen LogP contribution in [0.4, 0.5) is 30.4 Å². The van der Waals surface area contributed by atoms with Gasteiger partial charge in [0.1, 0.15) is 11.4 Å². The second kappa shape index (κ2) is 10.5. The van der Waals surface area contributed by atoms with Gasteiger partial charge in [0, 0.05) is 11.9 Å². The normalized spacial score (nSPS) is 10.8. The van der Waals surface area contributed by atoms with Gasteiger partial charge in [0.15, 0.2) is 6.61 Å². The standard InChI is InChI=1S/C23H18F3N3O5/c1-33-21(31)16-8-2-3-10-18(16)29-19(30)13-34-22(32)17-9-5-11-27-20(17)28-15-7-4-6-14(12-15)23(24,25)26/h2-12H,13H2,1H3,(H,27,28)(H,29,30). The van der Waals surface area contributed by atoms with Gasteiger partial charge >= 0.3 is 18.1 Å². The van der Waals surface area contributed by atoms with Crippen LogP contribution in [-0.4, -0.2) is 36.5 Å². The first-order valence-corrected chi connectivity index (χ1v) is 9.72. The number of nitrogens with one attached hydrogen (secondary N) is 2. The molecule has 3 rings (SSSR count). The van der Waals surface area contributed by atoms with Crippen molar-refractivity contribution >= 4 is 35.0 Å². The first-order valence-electron chi connectivity index (χ1n) is 9.72. The lowest BCUT2D eigenvalue weighted by molar-refractivity contribution is -0.137. The van der Waals surface area contributed by atoms with Crippen LogP contribution in [0.2, 0.25) is 0 Å². The number of pyridine rings is 1. The smallest absolute Gasteiger partial charge is 0.416 e. The molecule has 0 aliphatic heterocycles. The van der Waals surface area contributed by atoms with Crippen molar-refractivity contribution in [2.75, 3.05) is 24.4 Å². The average Bonchev–Trinajstić information content (AvgIpc) is 2.82. The third-order valence-corrected chi connectivity index (χ3v) is 4.42. The van der Waals surface area contributed by atoms with E-state index in [2.05, 4.69) is 20.4 Å². The number of esters is 2. The molecular formula is C23H18F3N3O5. The van der Waals surface area contributed by atoms with Gasteiger partial charge in [0.25, 0.3) is 5.91 Å². The van der Waals surface area contributed by atoms with E-state index in [0.717, 1.165) is 12.1 Å². The van der Waals surface area contributed by atoms with Crippen LogP contribution in [0.1, 0.15) is 26.3 Å². The Morgan fingerprint density at radius 2 is 1.68 bits per heavy atom. The number of nitrogens with zero attached hydrogens (tertiary/aromatic N) is 1. The lowest BCUT2D eigenvalue weighted by Crippen LogP contribution is -2.22. The highest BCUT2D eigenvalue weighted by atomic mass is 19.4. The van der Waals surface area contributed by atoms with Gasteiger partial charge in [0.2, 0.25) is 0 Å². The number of carbonyl (C=O) groups is 3. The van der Waals surface area contributed by atoms with Crippen LogP contribution in [0, 0.1) is 0 Å². The molecule has 0 aliphatic carbocycles. The summed E-state index contributed by atoms with van der Waals surface area (Å²) in [6, 6.07) is 13.3. The van der Waals surface area contributed by atoms with E-state index in [1.807, 2.05) is 0 Å². The van der Waals surface area contributed by atoms with E-state index in [4.69, 9.17) is 4.74 Å². The zero-order valence-electron chi connectivity index (χ0n) is 17.7. The highest BCUT2D eigenvalue weighted by molar-refractivity contribution is 6.02. The van der Waals surface area contributed by atoms with Crippen molar-refractivity contribution in [1.29, 1.82) is 0 Å². The minimum atomic E-state index is -4.54. The van der Waals surface area contributed by atoms with Crippen molar-refractivity contribution in [2.24, 2.45) is 0 Å². The highest BCUT2D eigenvalue weighted by Gasteiger charge is 2.30. The third kappa shape index (κ3) is 6.09. The molecule has 0 spiro atoms. The van der Waals surface area contributed by atoms with Gasteiger partial charge in [-0.2, -0.15) is 13.2 Å². The molecule has 1 amide bonds. The van der Waals surface area contributed by atoms with E-state index >= 15 is 0 Å². The van der Waals surface area contributed by atoms with Crippen molar-refractivity contribution in [3.63, 3.8) is 0 Å². The number of alkyl halides is 3. The van der Waals surface area contributed by atoms with Crippen molar-refractivity contribution in [3.05, 3.63) is 83.6 Å². The molecule has 1 aromatic heterocycles. The van der Waals surface area contributed by atoms with Crippen molar-refractivity contribution in [3.8, 4) is 0 Å². The number of amides is 1. The predicted octanol–water partition coefficient (Wildman–Crippen LogP) is 4.43. The van der Waals surface area contributed by atoms with E-state index in [-0.39, 0.29) is 28.3 Å². The van der Waals surface area contributed by atoms with Crippen molar-refractivity contribution < 1.29 is 37.0 Å². The largest absolute Gasteiger partial charge is 0.465 e. The Bertz CT molecular complexity index is 1210. The van der Waals surface area contributed by atoms with Gasteiger partial charge in [-0.25, -0.2) is 14.6 Å². The number of halogens is 3. The van der Waals surface area contributed by atoms with Crippen LogP contribution in [-0.2, 0) is 20.4 Å². The summed E-state index contributed by atoms with van der Waals surface area (Å²) in [6.45, 7) is -0.688. The van der Waals surface area contributed by atoms with Crippen LogP contribution in [0.5, 0.6) is 0 Å². The maximum atomic E-state index is 13.0. The van der Waals surface area contributed by atoms with Crippen LogP contribution in [0.3, 0.4) is 0 Å². The summed E-state index contributed by atoms with van der Waals surface area (Å²) in [5, 5.41) is 5.11. The minimum Gasteiger partial charge on any atom is -0.465 e. The molecule has 2 N–H and O–H groups in total. The molecule has 0 unspecified atom stereocenters. The quantitative estimate of drug-likeness (QED) is 0.489. The van der Waals surface area contributed by atoms with Gasteiger partial charge in [-0.1, -0.05) is 18.2 Å². The van der Waals surface area contributed by atoms with E-state index in [0.29, 0.717) is 0 Å². The van der Waals surface area contributed by atoms with Gasteiger partial charge < -0.3 is 20.1 Å². The predicted molar refractivity (Wildman–Crippen MR) is 116 cm³/mol. The number of hydrogen-bond donors (Lipinski definition) is 2. The van der Waals surface area contributed by atoms with Crippen molar-refractivity contribution in [1.82, 2.24) is 4.98 Å². The lowest BCUT2D eigenvalue weighted by Gasteiger charge is -2.13. The Labute approximate surface area is 191 Å². The monoisotopic (exact) mass is 473 g/mol. The summed E-state index contributed by atoms with van der Waals surface area (Å²) in [5.74, 6) is -2.36. The molecule has 11 heteroatoms. The third-order valence-electron chi connectivity index (χ3n) is 4.42. The molecule has 1 heterocycles. The number of ether oxygens (including phenoxy) is 2. The fraction of sp³-hybridized carbons (Fsp3) is 0.130. The summed E-state index contributed by atoms with van der Waals surface area (Å²) in [5.41, 5.74) is -0.628. The van der Waals surface area contributed by atoms with Gasteiger partial charge in [-0.05, 0) is 42.5 Å². The first kappa shape index (κ1) is 24.2. The van der Waals surface area contributed by atoms with Crippen molar-refractivity contribution in [2.45, 2.75) is 6.18 Å². The summed E-state index contributed by atoms with van der Waals surface area (Å²) in [6.07, 6.45) is -3.20. The average molecular weight is 473 g/mol. The van der Waals surface area contributed by atoms with Gasteiger partial charge in [-0.15, -0.1) is 0 Å². The molecule has 3 aromatic rings. The maximum Gasteiger partial charge on any atom is 0.416 e. The summed E-state index contributed by atoms with van der Waals surface area (Å²) >= 11 is 0. The molecule has 176 valence electrons. The fourth-order valence-electron chi connectivity index (χ4n) is 2.85. The molecule has 0 saturated heterocycles. The Kier molecular flexibility index (Phi) is 7.46. The molecule has 0 bridgehead atoms. The number of methoxy groups -OCH3 is 1. The number of carbonyl (C=O) groups excluding carboxylic acids is 3. The lowest BCUT2D eigenvalue weighted by atomic mass is 10.2. The fourth-order valence-corrected chi connectivity index (χ4v) is 2.85. The first-order chi connectivity index (χ1) is 16.2. The second-order valence-electron chi connectivity index (χ2n) is 6.76. The zero-order chi connectivity index (χ0) is 24.7. The summed E-state index contributed by atoms with van der Waals surface area (Å²) < 4.78 is 48.5. The Morgan fingerprint density at radius 1 is 0.941 bits per heavy atom. The van der Waals surface area contributed by atoms with E-state index in [9.17, 15) is 27.6 Å². The highest BCUT2D eigenvalue weighted by Crippen LogP contribution is 2.31.